The van der Waals surface area contributed by atoms with Gasteiger partial charge in [0.25, 0.3) is 0 Å². The molecule has 0 saturated heterocycles. The molecule has 0 fully saturated rings. The Hall–Kier alpha value is -2.27. The van der Waals surface area contributed by atoms with Crippen LogP contribution in [0.1, 0.15) is 30.4 Å². The predicted molar refractivity (Wildman–Crippen MR) is 106 cm³/mol. The standard InChI is InChI=1S/C21H25NO3S/c1-16(21(24)25-2)26-15-20(23)22-14-13-19(17-9-5-3-6-10-17)18-11-7-4-8-12-18/h3-12,16,19H,13-15H2,1-2H3,(H,22,23). The van der Waals surface area contributed by atoms with Gasteiger partial charge < -0.3 is 10.1 Å². The maximum absolute atomic E-state index is 12.0. The molecule has 1 amide bonds. The van der Waals surface area contributed by atoms with Crippen LogP contribution in [-0.4, -0.2) is 36.5 Å². The van der Waals surface area contributed by atoms with Crippen LogP contribution in [0.4, 0.5) is 0 Å². The first-order chi connectivity index (χ1) is 12.6. The van der Waals surface area contributed by atoms with Crippen LogP contribution in [0.5, 0.6) is 0 Å². The van der Waals surface area contributed by atoms with E-state index >= 15 is 0 Å². The van der Waals surface area contributed by atoms with E-state index in [1.807, 2.05) is 36.4 Å². The smallest absolute Gasteiger partial charge is 0.318 e. The van der Waals surface area contributed by atoms with Gasteiger partial charge in [0, 0.05) is 12.5 Å². The van der Waals surface area contributed by atoms with Gasteiger partial charge in [0.2, 0.25) is 5.91 Å². The van der Waals surface area contributed by atoms with E-state index in [1.165, 1.54) is 30.0 Å². The van der Waals surface area contributed by atoms with Crippen molar-refractivity contribution < 1.29 is 14.3 Å². The van der Waals surface area contributed by atoms with E-state index in [9.17, 15) is 9.59 Å². The SMILES string of the molecule is COC(=O)C(C)SCC(=O)NCCC(c1ccccc1)c1ccccc1. The van der Waals surface area contributed by atoms with E-state index in [4.69, 9.17) is 0 Å². The molecule has 2 aromatic carbocycles. The van der Waals surface area contributed by atoms with Gasteiger partial charge in [-0.05, 0) is 24.5 Å². The number of rotatable bonds is 9. The summed E-state index contributed by atoms with van der Waals surface area (Å²) in [6.07, 6.45) is 0.816. The zero-order valence-electron chi connectivity index (χ0n) is 15.2. The first-order valence-electron chi connectivity index (χ1n) is 8.68. The lowest BCUT2D eigenvalue weighted by atomic mass is 9.88. The van der Waals surface area contributed by atoms with Crippen molar-refractivity contribution in [2.45, 2.75) is 24.5 Å². The molecule has 0 aromatic heterocycles. The molecular formula is C21H25NO3S. The summed E-state index contributed by atoms with van der Waals surface area (Å²) in [5, 5.41) is 2.61. The van der Waals surface area contributed by atoms with Crippen molar-refractivity contribution in [3.8, 4) is 0 Å². The van der Waals surface area contributed by atoms with Crippen molar-refractivity contribution in [3.05, 3.63) is 71.8 Å². The molecule has 0 spiro atoms. The number of methoxy groups -OCH3 is 1. The molecule has 1 atom stereocenters. The van der Waals surface area contributed by atoms with E-state index in [1.54, 1.807) is 6.92 Å². The van der Waals surface area contributed by atoms with Gasteiger partial charge in [0.05, 0.1) is 12.9 Å². The summed E-state index contributed by atoms with van der Waals surface area (Å²) in [7, 11) is 1.35. The molecule has 26 heavy (non-hydrogen) atoms. The van der Waals surface area contributed by atoms with Gasteiger partial charge in [-0.3, -0.25) is 9.59 Å². The highest BCUT2D eigenvalue weighted by Gasteiger charge is 2.16. The number of hydrogen-bond donors (Lipinski definition) is 1. The third-order valence-electron chi connectivity index (χ3n) is 4.16. The van der Waals surface area contributed by atoms with Crippen molar-refractivity contribution in [2.75, 3.05) is 19.4 Å². The fourth-order valence-electron chi connectivity index (χ4n) is 2.74. The van der Waals surface area contributed by atoms with Crippen LogP contribution < -0.4 is 5.32 Å². The molecule has 138 valence electrons. The van der Waals surface area contributed by atoms with Crippen LogP contribution >= 0.6 is 11.8 Å². The minimum Gasteiger partial charge on any atom is -0.468 e. The van der Waals surface area contributed by atoms with Crippen LogP contribution in [0.25, 0.3) is 0 Å². The number of thioether (sulfide) groups is 1. The summed E-state index contributed by atoms with van der Waals surface area (Å²) in [6, 6.07) is 20.6. The second kappa shape index (κ2) is 10.7. The second-order valence-electron chi connectivity index (χ2n) is 5.99. The second-order valence-corrected chi connectivity index (χ2v) is 7.32. The first kappa shape index (κ1) is 20.0. The highest BCUT2D eigenvalue weighted by atomic mass is 32.2. The zero-order valence-corrected chi connectivity index (χ0v) is 16.0. The molecule has 2 aromatic rings. The highest BCUT2D eigenvalue weighted by Crippen LogP contribution is 2.27. The van der Waals surface area contributed by atoms with Gasteiger partial charge in [0.1, 0.15) is 5.25 Å². The molecule has 0 aliphatic rings. The quantitative estimate of drug-likeness (QED) is 0.684. The molecule has 1 unspecified atom stereocenters. The fourth-order valence-corrected chi connectivity index (χ4v) is 3.47. The summed E-state index contributed by atoms with van der Waals surface area (Å²) in [6.45, 7) is 2.32. The average Bonchev–Trinajstić information content (AvgIpc) is 2.70. The molecule has 4 nitrogen and oxygen atoms in total. The number of carbonyl (C=O) groups is 2. The Morgan fingerprint density at radius 3 is 2.04 bits per heavy atom. The van der Waals surface area contributed by atoms with Crippen molar-refractivity contribution in [1.29, 1.82) is 0 Å². The maximum Gasteiger partial charge on any atom is 0.318 e. The summed E-state index contributed by atoms with van der Waals surface area (Å²) >= 11 is 1.28. The van der Waals surface area contributed by atoms with E-state index < -0.39 is 0 Å². The van der Waals surface area contributed by atoms with E-state index in [0.717, 1.165) is 6.42 Å². The van der Waals surface area contributed by atoms with Crippen LogP contribution in [-0.2, 0) is 14.3 Å². The maximum atomic E-state index is 12.0. The van der Waals surface area contributed by atoms with Crippen LogP contribution in [0.3, 0.4) is 0 Å². The van der Waals surface area contributed by atoms with Gasteiger partial charge in [-0.15, -0.1) is 11.8 Å². The fraction of sp³-hybridized carbons (Fsp3) is 0.333. The van der Waals surface area contributed by atoms with Crippen LogP contribution in [0.15, 0.2) is 60.7 Å². The lowest BCUT2D eigenvalue weighted by Gasteiger charge is -2.18. The molecule has 1 N–H and O–H groups in total. The number of esters is 1. The predicted octanol–water partition coefficient (Wildman–Crippen LogP) is 3.62. The normalized spacial score (nSPS) is 11.8. The Morgan fingerprint density at radius 1 is 1.00 bits per heavy atom. The summed E-state index contributed by atoms with van der Waals surface area (Å²) < 4.78 is 4.66. The molecule has 0 radical (unpaired) electrons. The van der Waals surface area contributed by atoms with Gasteiger partial charge in [-0.2, -0.15) is 0 Å². The average molecular weight is 372 g/mol. The molecular weight excluding hydrogens is 346 g/mol. The minimum atomic E-state index is -0.341. The van der Waals surface area contributed by atoms with E-state index in [-0.39, 0.29) is 28.8 Å². The Kier molecular flexibility index (Phi) is 8.22. The zero-order chi connectivity index (χ0) is 18.8. The van der Waals surface area contributed by atoms with Crippen LogP contribution in [0, 0.1) is 0 Å². The number of carbonyl (C=O) groups excluding carboxylic acids is 2. The van der Waals surface area contributed by atoms with Gasteiger partial charge in [-0.1, -0.05) is 60.7 Å². The van der Waals surface area contributed by atoms with Crippen molar-refractivity contribution in [3.63, 3.8) is 0 Å². The highest BCUT2D eigenvalue weighted by molar-refractivity contribution is 8.01. The molecule has 0 aliphatic carbocycles. The van der Waals surface area contributed by atoms with E-state index in [0.29, 0.717) is 6.54 Å². The lowest BCUT2D eigenvalue weighted by Crippen LogP contribution is -2.29. The lowest BCUT2D eigenvalue weighted by molar-refractivity contribution is -0.139. The molecule has 0 saturated carbocycles. The number of ether oxygens (including phenoxy) is 1. The third-order valence-corrected chi connectivity index (χ3v) is 5.28. The van der Waals surface area contributed by atoms with Gasteiger partial charge in [-0.25, -0.2) is 0 Å². The molecule has 0 aliphatic heterocycles. The Bertz CT molecular complexity index is 651. The Labute approximate surface area is 159 Å². The van der Waals surface area contributed by atoms with Gasteiger partial charge >= 0.3 is 5.97 Å². The van der Waals surface area contributed by atoms with Crippen molar-refractivity contribution in [2.24, 2.45) is 0 Å². The number of nitrogens with one attached hydrogen (secondary N) is 1. The minimum absolute atomic E-state index is 0.0642. The number of benzene rings is 2. The third kappa shape index (κ3) is 6.23. The molecule has 5 heteroatoms. The first-order valence-corrected chi connectivity index (χ1v) is 9.72. The van der Waals surface area contributed by atoms with Crippen LogP contribution in [0.2, 0.25) is 0 Å². The summed E-state index contributed by atoms with van der Waals surface area (Å²) in [4.78, 5) is 23.4. The largest absolute Gasteiger partial charge is 0.468 e. The Morgan fingerprint density at radius 2 is 1.54 bits per heavy atom. The van der Waals surface area contributed by atoms with Crippen molar-refractivity contribution in [1.82, 2.24) is 5.32 Å². The molecule has 0 bridgehead atoms. The number of amides is 1. The topological polar surface area (TPSA) is 55.4 Å². The Balaban J connectivity index is 1.88. The monoisotopic (exact) mass is 371 g/mol. The summed E-state index contributed by atoms with van der Waals surface area (Å²) in [5.74, 6) is 0.110. The number of hydrogen-bond acceptors (Lipinski definition) is 4. The molecule has 2 rings (SSSR count). The molecule has 0 heterocycles. The van der Waals surface area contributed by atoms with Crippen molar-refractivity contribution >= 4 is 23.6 Å². The van der Waals surface area contributed by atoms with E-state index in [2.05, 4.69) is 34.3 Å². The van der Waals surface area contributed by atoms with Gasteiger partial charge in [0.15, 0.2) is 0 Å². The summed E-state index contributed by atoms with van der Waals surface area (Å²) in [5.41, 5.74) is 2.48.